The number of nitrogens with zero attached hydrogens (tertiary/aromatic N) is 4. The molecule has 0 aliphatic carbocycles. The standard InChI is InChI=1S/C17H27N5O2S.HI/c1-2-18-17(20-6-5-15-19-7-13-25-15)22-10-8-21(9-11-22)16(23)14-4-3-12-24-14;/h7,13-14H,2-6,8-12H2,1H3,(H,18,20);1H. The van der Waals surface area contributed by atoms with Crippen LogP contribution < -0.4 is 5.32 Å². The van der Waals surface area contributed by atoms with Crippen LogP contribution in [0.1, 0.15) is 24.8 Å². The van der Waals surface area contributed by atoms with Crippen LogP contribution in [-0.4, -0.2) is 78.6 Å². The first kappa shape index (κ1) is 21.4. The first-order valence-corrected chi connectivity index (χ1v) is 9.98. The molecule has 1 N–H and O–H groups in total. The summed E-state index contributed by atoms with van der Waals surface area (Å²) in [5.74, 6) is 1.09. The summed E-state index contributed by atoms with van der Waals surface area (Å²) in [5, 5.41) is 6.47. The molecule has 1 unspecified atom stereocenters. The summed E-state index contributed by atoms with van der Waals surface area (Å²) in [5.41, 5.74) is 0. The van der Waals surface area contributed by atoms with Gasteiger partial charge in [0.25, 0.3) is 5.91 Å². The van der Waals surface area contributed by atoms with Crippen molar-refractivity contribution in [3.05, 3.63) is 16.6 Å². The van der Waals surface area contributed by atoms with Gasteiger partial charge in [0.15, 0.2) is 5.96 Å². The van der Waals surface area contributed by atoms with E-state index in [4.69, 9.17) is 9.73 Å². The lowest BCUT2D eigenvalue weighted by molar-refractivity contribution is -0.142. The van der Waals surface area contributed by atoms with E-state index >= 15 is 0 Å². The first-order valence-electron chi connectivity index (χ1n) is 9.10. The lowest BCUT2D eigenvalue weighted by Crippen LogP contribution is -2.55. The van der Waals surface area contributed by atoms with Gasteiger partial charge in [-0.15, -0.1) is 35.3 Å². The van der Waals surface area contributed by atoms with Crippen LogP contribution in [0.25, 0.3) is 0 Å². The largest absolute Gasteiger partial charge is 0.368 e. The van der Waals surface area contributed by atoms with Crippen molar-refractivity contribution in [3.8, 4) is 0 Å². The van der Waals surface area contributed by atoms with E-state index in [1.807, 2.05) is 16.5 Å². The zero-order valence-corrected chi connectivity index (χ0v) is 18.4. The summed E-state index contributed by atoms with van der Waals surface area (Å²) in [6.45, 7) is 7.44. The maximum absolute atomic E-state index is 12.4. The Morgan fingerprint density at radius 3 is 2.77 bits per heavy atom. The predicted octanol–water partition coefficient (Wildman–Crippen LogP) is 1.59. The molecule has 0 bridgehead atoms. The number of carbonyl (C=O) groups excluding carboxylic acids is 1. The SMILES string of the molecule is CCNC(=NCCc1nccs1)N1CCN(C(=O)C2CCCO2)CC1.I. The molecule has 0 aromatic carbocycles. The Labute approximate surface area is 176 Å². The molecule has 0 spiro atoms. The van der Waals surface area contributed by atoms with Gasteiger partial charge in [0, 0.05) is 63.9 Å². The van der Waals surface area contributed by atoms with Gasteiger partial charge in [-0.05, 0) is 19.8 Å². The maximum atomic E-state index is 12.4. The van der Waals surface area contributed by atoms with E-state index in [1.54, 1.807) is 11.3 Å². The number of thiazole rings is 1. The molecule has 1 aromatic rings. The molecule has 9 heteroatoms. The van der Waals surface area contributed by atoms with Crippen LogP contribution in [0.15, 0.2) is 16.6 Å². The Kier molecular flexibility index (Phi) is 9.06. The number of hydrogen-bond donors (Lipinski definition) is 1. The van der Waals surface area contributed by atoms with E-state index in [0.717, 1.165) is 69.5 Å². The predicted molar refractivity (Wildman–Crippen MR) is 114 cm³/mol. The van der Waals surface area contributed by atoms with Gasteiger partial charge in [0.2, 0.25) is 0 Å². The van der Waals surface area contributed by atoms with Crippen molar-refractivity contribution in [2.24, 2.45) is 4.99 Å². The minimum atomic E-state index is -0.216. The molecule has 2 saturated heterocycles. The number of hydrogen-bond acceptors (Lipinski definition) is 5. The molecular weight excluding hydrogens is 465 g/mol. The number of aliphatic imine (C=N–C) groups is 1. The molecule has 146 valence electrons. The van der Waals surface area contributed by atoms with Crippen LogP contribution in [0.4, 0.5) is 0 Å². The Bertz CT molecular complexity index is 570. The van der Waals surface area contributed by atoms with Crippen molar-refractivity contribution >= 4 is 47.2 Å². The van der Waals surface area contributed by atoms with Gasteiger partial charge >= 0.3 is 0 Å². The zero-order valence-electron chi connectivity index (χ0n) is 15.2. The number of guanidine groups is 1. The number of rotatable bonds is 5. The lowest BCUT2D eigenvalue weighted by Gasteiger charge is -2.37. The molecule has 2 aliphatic rings. The van der Waals surface area contributed by atoms with E-state index < -0.39 is 0 Å². The normalized spacial score (nSPS) is 20.8. The van der Waals surface area contributed by atoms with Crippen molar-refractivity contribution < 1.29 is 9.53 Å². The average Bonchev–Trinajstić information content (AvgIpc) is 3.34. The van der Waals surface area contributed by atoms with E-state index in [-0.39, 0.29) is 36.0 Å². The Morgan fingerprint density at radius 2 is 2.15 bits per heavy atom. The first-order chi connectivity index (χ1) is 12.3. The van der Waals surface area contributed by atoms with Crippen LogP contribution in [0.5, 0.6) is 0 Å². The van der Waals surface area contributed by atoms with E-state index in [2.05, 4.69) is 22.1 Å². The smallest absolute Gasteiger partial charge is 0.251 e. The minimum Gasteiger partial charge on any atom is -0.368 e. The maximum Gasteiger partial charge on any atom is 0.251 e. The van der Waals surface area contributed by atoms with Crippen molar-refractivity contribution in [3.63, 3.8) is 0 Å². The molecule has 1 amide bonds. The van der Waals surface area contributed by atoms with Crippen LogP contribution in [0.2, 0.25) is 0 Å². The monoisotopic (exact) mass is 493 g/mol. The highest BCUT2D eigenvalue weighted by molar-refractivity contribution is 14.0. The van der Waals surface area contributed by atoms with Crippen molar-refractivity contribution in [1.82, 2.24) is 20.1 Å². The third-order valence-electron chi connectivity index (χ3n) is 4.50. The summed E-state index contributed by atoms with van der Waals surface area (Å²) < 4.78 is 5.52. The molecule has 1 atom stereocenters. The second kappa shape index (κ2) is 11.0. The Balaban J connectivity index is 0.00000243. The molecule has 1 aromatic heterocycles. The highest BCUT2D eigenvalue weighted by atomic mass is 127. The van der Waals surface area contributed by atoms with Crippen molar-refractivity contribution in [2.45, 2.75) is 32.3 Å². The second-order valence-electron chi connectivity index (χ2n) is 6.23. The molecule has 2 aliphatic heterocycles. The quantitative estimate of drug-likeness (QED) is 0.384. The third-order valence-corrected chi connectivity index (χ3v) is 5.34. The fourth-order valence-electron chi connectivity index (χ4n) is 3.17. The molecule has 0 saturated carbocycles. The topological polar surface area (TPSA) is 70.1 Å². The van der Waals surface area contributed by atoms with Gasteiger partial charge in [-0.3, -0.25) is 9.79 Å². The summed E-state index contributed by atoms with van der Waals surface area (Å²) >= 11 is 1.67. The third kappa shape index (κ3) is 5.78. The van der Waals surface area contributed by atoms with E-state index in [1.165, 1.54) is 0 Å². The molecule has 3 rings (SSSR count). The Hall–Kier alpha value is -0.940. The van der Waals surface area contributed by atoms with Gasteiger partial charge in [0.1, 0.15) is 6.10 Å². The molecule has 2 fully saturated rings. The molecule has 26 heavy (non-hydrogen) atoms. The highest BCUT2D eigenvalue weighted by Gasteiger charge is 2.30. The number of ether oxygens (including phenoxy) is 1. The number of halogens is 1. The van der Waals surface area contributed by atoms with Crippen LogP contribution in [0.3, 0.4) is 0 Å². The molecule has 7 nitrogen and oxygen atoms in total. The van der Waals surface area contributed by atoms with Gasteiger partial charge in [-0.2, -0.15) is 0 Å². The summed E-state index contributed by atoms with van der Waals surface area (Å²) in [6.07, 6.45) is 4.34. The summed E-state index contributed by atoms with van der Waals surface area (Å²) in [4.78, 5) is 25.6. The fourth-order valence-corrected chi connectivity index (χ4v) is 3.78. The summed E-state index contributed by atoms with van der Waals surface area (Å²) in [7, 11) is 0. The summed E-state index contributed by atoms with van der Waals surface area (Å²) in [6, 6.07) is 0. The van der Waals surface area contributed by atoms with Crippen LogP contribution in [0, 0.1) is 0 Å². The van der Waals surface area contributed by atoms with Crippen molar-refractivity contribution in [1.29, 1.82) is 0 Å². The van der Waals surface area contributed by atoms with Gasteiger partial charge in [-0.1, -0.05) is 0 Å². The fraction of sp³-hybridized carbons (Fsp3) is 0.706. The van der Waals surface area contributed by atoms with Gasteiger partial charge < -0.3 is 19.9 Å². The lowest BCUT2D eigenvalue weighted by atomic mass is 10.2. The molecule has 3 heterocycles. The van der Waals surface area contributed by atoms with E-state index in [9.17, 15) is 4.79 Å². The number of piperazine rings is 1. The van der Waals surface area contributed by atoms with Crippen molar-refractivity contribution in [2.75, 3.05) is 45.9 Å². The van der Waals surface area contributed by atoms with Crippen LogP contribution in [-0.2, 0) is 16.0 Å². The average molecular weight is 493 g/mol. The highest BCUT2D eigenvalue weighted by Crippen LogP contribution is 2.16. The second-order valence-corrected chi connectivity index (χ2v) is 7.20. The number of aromatic nitrogens is 1. The van der Waals surface area contributed by atoms with Crippen LogP contribution >= 0.6 is 35.3 Å². The molecular formula is C17H28IN5O2S. The van der Waals surface area contributed by atoms with Gasteiger partial charge in [0.05, 0.1) is 5.01 Å². The minimum absolute atomic E-state index is 0. The van der Waals surface area contributed by atoms with E-state index in [0.29, 0.717) is 6.61 Å². The van der Waals surface area contributed by atoms with Gasteiger partial charge in [-0.25, -0.2) is 4.98 Å². The molecule has 0 radical (unpaired) electrons. The number of nitrogens with one attached hydrogen (secondary N) is 1. The number of carbonyl (C=O) groups is 1. The number of amides is 1. The Morgan fingerprint density at radius 1 is 1.38 bits per heavy atom. The zero-order chi connectivity index (χ0) is 17.5.